The van der Waals surface area contributed by atoms with Crippen LogP contribution in [-0.2, 0) is 9.47 Å². The van der Waals surface area contributed by atoms with Crippen LogP contribution in [0, 0.1) is 11.8 Å². The molecule has 0 rings (SSSR count). The molecule has 3 heteroatoms. The Morgan fingerprint density at radius 2 is 2.13 bits per heavy atom. The summed E-state index contributed by atoms with van der Waals surface area (Å²) in [4.78, 5) is 0. The van der Waals surface area contributed by atoms with E-state index in [1.807, 2.05) is 6.92 Å². The van der Waals surface area contributed by atoms with Gasteiger partial charge in [-0.3, -0.25) is 0 Å². The lowest BCUT2D eigenvalue weighted by Crippen LogP contribution is -2.33. The molecule has 1 unspecified atom stereocenters. The lowest BCUT2D eigenvalue weighted by Gasteiger charge is -2.16. The lowest BCUT2D eigenvalue weighted by molar-refractivity contribution is 0.0579. The Labute approximate surface area is 93.5 Å². The van der Waals surface area contributed by atoms with E-state index in [1.54, 1.807) is 7.11 Å². The first-order chi connectivity index (χ1) is 7.35. The molecule has 0 saturated carbocycles. The summed E-state index contributed by atoms with van der Waals surface area (Å²) in [6, 6.07) is 0.410. The largest absolute Gasteiger partial charge is 0.382 e. The molecule has 0 amide bonds. The summed E-state index contributed by atoms with van der Waals surface area (Å²) < 4.78 is 10.4. The van der Waals surface area contributed by atoms with Crippen molar-refractivity contribution in [1.29, 1.82) is 0 Å². The van der Waals surface area contributed by atoms with E-state index >= 15 is 0 Å². The van der Waals surface area contributed by atoms with Crippen LogP contribution in [0.15, 0.2) is 0 Å². The summed E-state index contributed by atoms with van der Waals surface area (Å²) in [7, 11) is 1.68. The van der Waals surface area contributed by atoms with Gasteiger partial charge in [0.2, 0.25) is 0 Å². The maximum absolute atomic E-state index is 5.48. The van der Waals surface area contributed by atoms with Crippen molar-refractivity contribution in [3.05, 3.63) is 0 Å². The fraction of sp³-hybridized carbons (Fsp3) is 0.833. The summed E-state index contributed by atoms with van der Waals surface area (Å²) in [5, 5.41) is 3.38. The number of ether oxygens (including phenoxy) is 2. The molecule has 1 N–H and O–H groups in total. The first-order valence-corrected chi connectivity index (χ1v) is 5.54. The van der Waals surface area contributed by atoms with Crippen LogP contribution in [-0.4, -0.2) is 39.5 Å². The molecule has 0 aliphatic rings. The van der Waals surface area contributed by atoms with Crippen molar-refractivity contribution in [1.82, 2.24) is 5.32 Å². The molecule has 0 aliphatic heterocycles. The Bertz CT molecular complexity index is 184. The highest BCUT2D eigenvalue weighted by Gasteiger charge is 2.05. The molecule has 0 saturated heterocycles. The Kier molecular flexibility index (Phi) is 11.1. The van der Waals surface area contributed by atoms with Gasteiger partial charge in [-0.25, -0.2) is 0 Å². The Morgan fingerprint density at radius 3 is 2.73 bits per heavy atom. The predicted molar refractivity (Wildman–Crippen MR) is 62.8 cm³/mol. The van der Waals surface area contributed by atoms with Crippen molar-refractivity contribution < 1.29 is 9.47 Å². The summed E-state index contributed by atoms with van der Waals surface area (Å²) in [5.74, 6) is 5.97. The van der Waals surface area contributed by atoms with Crippen LogP contribution in [0.5, 0.6) is 0 Å². The van der Waals surface area contributed by atoms with Gasteiger partial charge >= 0.3 is 0 Å². The monoisotopic (exact) mass is 213 g/mol. The molecule has 0 fully saturated rings. The van der Waals surface area contributed by atoms with Crippen molar-refractivity contribution in [2.24, 2.45) is 0 Å². The number of hydrogen-bond acceptors (Lipinski definition) is 3. The minimum absolute atomic E-state index is 0.410. The van der Waals surface area contributed by atoms with Crippen LogP contribution >= 0.6 is 0 Å². The van der Waals surface area contributed by atoms with E-state index in [4.69, 9.17) is 9.47 Å². The average molecular weight is 213 g/mol. The first-order valence-electron chi connectivity index (χ1n) is 5.54. The minimum atomic E-state index is 0.410. The highest BCUT2D eigenvalue weighted by atomic mass is 16.5. The van der Waals surface area contributed by atoms with Gasteiger partial charge in [-0.2, -0.15) is 0 Å². The Morgan fingerprint density at radius 1 is 1.33 bits per heavy atom. The van der Waals surface area contributed by atoms with Crippen LogP contribution in [0.4, 0.5) is 0 Å². The lowest BCUT2D eigenvalue weighted by atomic mass is 10.1. The molecule has 88 valence electrons. The quantitative estimate of drug-likeness (QED) is 0.464. The molecule has 0 bridgehead atoms. The van der Waals surface area contributed by atoms with Crippen LogP contribution < -0.4 is 5.32 Å². The van der Waals surface area contributed by atoms with Crippen molar-refractivity contribution >= 4 is 0 Å². The molecule has 0 aliphatic carbocycles. The van der Waals surface area contributed by atoms with Gasteiger partial charge in [0, 0.05) is 19.6 Å². The van der Waals surface area contributed by atoms with Crippen molar-refractivity contribution in [2.75, 3.05) is 33.5 Å². The van der Waals surface area contributed by atoms with Crippen LogP contribution in [0.1, 0.15) is 26.7 Å². The van der Waals surface area contributed by atoms with Gasteiger partial charge < -0.3 is 14.8 Å². The van der Waals surface area contributed by atoms with E-state index in [0.29, 0.717) is 19.3 Å². The van der Waals surface area contributed by atoms with Crippen LogP contribution in [0.3, 0.4) is 0 Å². The molecule has 0 aromatic heterocycles. The maximum atomic E-state index is 5.48. The smallest absolute Gasteiger partial charge is 0.0701 e. The molecule has 0 radical (unpaired) electrons. The zero-order chi connectivity index (χ0) is 11.4. The van der Waals surface area contributed by atoms with Crippen molar-refractivity contribution in [3.63, 3.8) is 0 Å². The van der Waals surface area contributed by atoms with Crippen LogP contribution in [0.25, 0.3) is 0 Å². The zero-order valence-corrected chi connectivity index (χ0v) is 10.1. The number of methoxy groups -OCH3 is 1. The van der Waals surface area contributed by atoms with Gasteiger partial charge in [-0.15, -0.1) is 11.8 Å². The second-order valence-corrected chi connectivity index (χ2v) is 3.29. The second-order valence-electron chi connectivity index (χ2n) is 3.29. The second kappa shape index (κ2) is 11.5. The fourth-order valence-electron chi connectivity index (χ4n) is 1.27. The summed E-state index contributed by atoms with van der Waals surface area (Å²) in [5.41, 5.74) is 0. The molecule has 3 nitrogen and oxygen atoms in total. The highest BCUT2D eigenvalue weighted by molar-refractivity contribution is 4.95. The first kappa shape index (κ1) is 14.4. The molecule has 15 heavy (non-hydrogen) atoms. The van der Waals surface area contributed by atoms with Gasteiger partial charge in [-0.1, -0.05) is 6.92 Å². The number of hydrogen-bond donors (Lipinski definition) is 1. The number of nitrogens with one attached hydrogen (secondary N) is 1. The minimum Gasteiger partial charge on any atom is -0.382 e. The molecular weight excluding hydrogens is 190 g/mol. The third kappa shape index (κ3) is 9.74. The number of likely N-dealkylation sites (N-methyl/N-ethyl adjacent to an activating group) is 1. The van der Waals surface area contributed by atoms with Gasteiger partial charge in [0.25, 0.3) is 0 Å². The van der Waals surface area contributed by atoms with E-state index in [-0.39, 0.29) is 0 Å². The van der Waals surface area contributed by atoms with Crippen molar-refractivity contribution in [2.45, 2.75) is 32.7 Å². The van der Waals surface area contributed by atoms with Crippen molar-refractivity contribution in [3.8, 4) is 11.8 Å². The Hall–Kier alpha value is -0.560. The number of rotatable bonds is 9. The summed E-state index contributed by atoms with van der Waals surface area (Å²) in [6.07, 6.45) is 1.98. The SMILES string of the molecule is CC#CCCC(COCCOC)NCC. The average Bonchev–Trinajstić information content (AvgIpc) is 2.24. The molecule has 0 aromatic rings. The van der Waals surface area contributed by atoms with Gasteiger partial charge in [0.15, 0.2) is 0 Å². The van der Waals surface area contributed by atoms with E-state index < -0.39 is 0 Å². The van der Waals surface area contributed by atoms with E-state index in [9.17, 15) is 0 Å². The van der Waals surface area contributed by atoms with Gasteiger partial charge in [-0.05, 0) is 19.9 Å². The standard InChI is InChI=1S/C12H23NO2/c1-4-6-7-8-12(13-5-2)11-15-10-9-14-3/h12-13H,5,7-11H2,1-3H3. The highest BCUT2D eigenvalue weighted by Crippen LogP contribution is 1.97. The molecular formula is C12H23NO2. The third-order valence-corrected chi connectivity index (χ3v) is 2.04. The molecule has 0 aromatic carbocycles. The van der Waals surface area contributed by atoms with E-state index in [0.717, 1.165) is 26.0 Å². The van der Waals surface area contributed by atoms with Gasteiger partial charge in [0.1, 0.15) is 0 Å². The van der Waals surface area contributed by atoms with E-state index in [1.165, 1.54) is 0 Å². The predicted octanol–water partition coefficient (Wildman–Crippen LogP) is 1.43. The van der Waals surface area contributed by atoms with Crippen LogP contribution in [0.2, 0.25) is 0 Å². The molecule has 0 heterocycles. The topological polar surface area (TPSA) is 30.5 Å². The summed E-state index contributed by atoms with van der Waals surface area (Å²) >= 11 is 0. The molecule has 1 atom stereocenters. The Balaban J connectivity index is 3.56. The maximum Gasteiger partial charge on any atom is 0.0701 e. The normalized spacial score (nSPS) is 11.9. The summed E-state index contributed by atoms with van der Waals surface area (Å²) in [6.45, 7) is 7.01. The fourth-order valence-corrected chi connectivity index (χ4v) is 1.27. The van der Waals surface area contributed by atoms with E-state index in [2.05, 4.69) is 24.1 Å². The van der Waals surface area contributed by atoms with Gasteiger partial charge in [0.05, 0.1) is 19.8 Å². The molecule has 0 spiro atoms. The zero-order valence-electron chi connectivity index (χ0n) is 10.1. The third-order valence-electron chi connectivity index (χ3n) is 2.04.